The predicted octanol–water partition coefficient (Wildman–Crippen LogP) is 2.84. The highest BCUT2D eigenvalue weighted by molar-refractivity contribution is 5.23. The second kappa shape index (κ2) is 5.21. The van der Waals surface area contributed by atoms with E-state index in [-0.39, 0.29) is 0 Å². The summed E-state index contributed by atoms with van der Waals surface area (Å²) in [5.41, 5.74) is 2.77. The van der Waals surface area contributed by atoms with Crippen molar-refractivity contribution in [1.82, 2.24) is 14.9 Å². The SMILES string of the molecule is CCc1nc(CNC(C)C)c2n1CCCC2C. The lowest BCUT2D eigenvalue weighted by Crippen LogP contribution is -2.24. The summed E-state index contributed by atoms with van der Waals surface area (Å²) in [5, 5.41) is 3.49. The summed E-state index contributed by atoms with van der Waals surface area (Å²) in [6.07, 6.45) is 3.65. The molecule has 3 nitrogen and oxygen atoms in total. The maximum atomic E-state index is 4.83. The molecule has 0 bridgehead atoms. The Labute approximate surface area is 105 Å². The van der Waals surface area contributed by atoms with E-state index in [1.807, 2.05) is 0 Å². The van der Waals surface area contributed by atoms with E-state index in [0.717, 1.165) is 19.5 Å². The second-order valence-corrected chi connectivity index (χ2v) is 5.44. The Balaban J connectivity index is 2.28. The van der Waals surface area contributed by atoms with Crippen molar-refractivity contribution in [3.63, 3.8) is 0 Å². The summed E-state index contributed by atoms with van der Waals surface area (Å²) >= 11 is 0. The molecule has 1 aromatic heterocycles. The first-order valence-corrected chi connectivity index (χ1v) is 6.95. The average Bonchev–Trinajstić information content (AvgIpc) is 2.66. The van der Waals surface area contributed by atoms with Crippen molar-refractivity contribution in [3.05, 3.63) is 17.2 Å². The number of rotatable bonds is 4. The van der Waals surface area contributed by atoms with Gasteiger partial charge in [0, 0.05) is 31.2 Å². The molecule has 1 aromatic rings. The quantitative estimate of drug-likeness (QED) is 0.869. The van der Waals surface area contributed by atoms with Gasteiger partial charge in [0.15, 0.2) is 0 Å². The molecule has 1 aliphatic heterocycles. The lowest BCUT2D eigenvalue weighted by Gasteiger charge is -2.23. The van der Waals surface area contributed by atoms with Crippen LogP contribution in [0.3, 0.4) is 0 Å². The number of nitrogens with zero attached hydrogens (tertiary/aromatic N) is 2. The van der Waals surface area contributed by atoms with Gasteiger partial charge < -0.3 is 9.88 Å². The number of aryl methyl sites for hydroxylation is 1. The Morgan fingerprint density at radius 2 is 2.24 bits per heavy atom. The summed E-state index contributed by atoms with van der Waals surface area (Å²) < 4.78 is 2.46. The van der Waals surface area contributed by atoms with Crippen LogP contribution in [0.2, 0.25) is 0 Å². The van der Waals surface area contributed by atoms with Crippen molar-refractivity contribution in [2.75, 3.05) is 0 Å². The van der Waals surface area contributed by atoms with Crippen molar-refractivity contribution in [2.45, 2.75) is 72.0 Å². The zero-order chi connectivity index (χ0) is 12.4. The molecule has 2 rings (SSSR count). The van der Waals surface area contributed by atoms with Gasteiger partial charge in [-0.05, 0) is 18.8 Å². The van der Waals surface area contributed by atoms with Gasteiger partial charge in [-0.2, -0.15) is 0 Å². The topological polar surface area (TPSA) is 29.9 Å². The molecule has 3 heteroatoms. The first kappa shape index (κ1) is 12.6. The van der Waals surface area contributed by atoms with Crippen molar-refractivity contribution in [3.8, 4) is 0 Å². The Hall–Kier alpha value is -0.830. The minimum Gasteiger partial charge on any atom is -0.331 e. The smallest absolute Gasteiger partial charge is 0.108 e. The summed E-state index contributed by atoms with van der Waals surface area (Å²) in [5.74, 6) is 1.94. The molecule has 0 saturated heterocycles. The van der Waals surface area contributed by atoms with E-state index in [2.05, 4.69) is 37.6 Å². The summed E-state index contributed by atoms with van der Waals surface area (Å²) in [6, 6.07) is 0.524. The average molecular weight is 235 g/mol. The van der Waals surface area contributed by atoms with Gasteiger partial charge in [0.25, 0.3) is 0 Å². The van der Waals surface area contributed by atoms with Gasteiger partial charge in [-0.1, -0.05) is 27.7 Å². The number of hydrogen-bond donors (Lipinski definition) is 1. The Morgan fingerprint density at radius 3 is 2.88 bits per heavy atom. The predicted molar refractivity (Wildman–Crippen MR) is 71.2 cm³/mol. The molecule has 96 valence electrons. The molecule has 0 aliphatic carbocycles. The van der Waals surface area contributed by atoms with E-state index in [9.17, 15) is 0 Å². The molecule has 0 saturated carbocycles. The van der Waals surface area contributed by atoms with Crippen molar-refractivity contribution >= 4 is 0 Å². The van der Waals surface area contributed by atoms with E-state index in [1.165, 1.54) is 30.1 Å². The third-order valence-electron chi connectivity index (χ3n) is 3.64. The van der Waals surface area contributed by atoms with Gasteiger partial charge in [-0.3, -0.25) is 0 Å². The minimum absolute atomic E-state index is 0.524. The Morgan fingerprint density at radius 1 is 1.47 bits per heavy atom. The third-order valence-corrected chi connectivity index (χ3v) is 3.64. The van der Waals surface area contributed by atoms with Gasteiger partial charge >= 0.3 is 0 Å². The maximum Gasteiger partial charge on any atom is 0.108 e. The van der Waals surface area contributed by atoms with E-state index in [4.69, 9.17) is 4.98 Å². The largest absolute Gasteiger partial charge is 0.331 e. The van der Waals surface area contributed by atoms with Crippen molar-refractivity contribution < 1.29 is 0 Å². The van der Waals surface area contributed by atoms with E-state index in [0.29, 0.717) is 12.0 Å². The molecular formula is C14H25N3. The molecular weight excluding hydrogens is 210 g/mol. The van der Waals surface area contributed by atoms with Crippen LogP contribution in [-0.2, 0) is 19.5 Å². The van der Waals surface area contributed by atoms with E-state index < -0.39 is 0 Å². The molecule has 0 amide bonds. The molecule has 0 radical (unpaired) electrons. The molecule has 1 atom stereocenters. The standard InChI is InChI=1S/C14H25N3/c1-5-13-16-12(9-15-10(2)3)14-11(4)7-6-8-17(13)14/h10-11,15H,5-9H2,1-4H3. The Bertz CT molecular complexity index is 379. The van der Waals surface area contributed by atoms with Crippen LogP contribution >= 0.6 is 0 Å². The highest BCUT2D eigenvalue weighted by Gasteiger charge is 2.24. The lowest BCUT2D eigenvalue weighted by molar-refractivity contribution is 0.458. The minimum atomic E-state index is 0.524. The molecule has 2 heterocycles. The first-order valence-electron chi connectivity index (χ1n) is 6.95. The fourth-order valence-electron chi connectivity index (χ4n) is 2.76. The lowest BCUT2D eigenvalue weighted by atomic mass is 9.96. The normalized spacial score (nSPS) is 19.7. The van der Waals surface area contributed by atoms with Crippen LogP contribution in [0.25, 0.3) is 0 Å². The number of fused-ring (bicyclic) bond motifs is 1. The fourth-order valence-corrected chi connectivity index (χ4v) is 2.76. The van der Waals surface area contributed by atoms with Crippen molar-refractivity contribution in [2.24, 2.45) is 0 Å². The van der Waals surface area contributed by atoms with Gasteiger partial charge in [0.2, 0.25) is 0 Å². The van der Waals surface area contributed by atoms with Crippen LogP contribution in [0.5, 0.6) is 0 Å². The highest BCUT2D eigenvalue weighted by Crippen LogP contribution is 2.30. The first-order chi connectivity index (χ1) is 8.13. The molecule has 1 N–H and O–H groups in total. The van der Waals surface area contributed by atoms with E-state index in [1.54, 1.807) is 0 Å². The number of aromatic nitrogens is 2. The molecule has 0 fully saturated rings. The van der Waals surface area contributed by atoms with Gasteiger partial charge in [-0.15, -0.1) is 0 Å². The van der Waals surface area contributed by atoms with Gasteiger partial charge in [-0.25, -0.2) is 4.98 Å². The van der Waals surface area contributed by atoms with Crippen LogP contribution in [0.4, 0.5) is 0 Å². The van der Waals surface area contributed by atoms with Crippen molar-refractivity contribution in [1.29, 1.82) is 0 Å². The van der Waals surface area contributed by atoms with Crippen LogP contribution in [0.1, 0.15) is 63.7 Å². The third kappa shape index (κ3) is 2.54. The molecule has 17 heavy (non-hydrogen) atoms. The zero-order valence-electron chi connectivity index (χ0n) is 11.6. The van der Waals surface area contributed by atoms with Gasteiger partial charge in [0.1, 0.15) is 5.82 Å². The fraction of sp³-hybridized carbons (Fsp3) is 0.786. The Kier molecular flexibility index (Phi) is 3.87. The van der Waals surface area contributed by atoms with Crippen LogP contribution in [0, 0.1) is 0 Å². The second-order valence-electron chi connectivity index (χ2n) is 5.44. The maximum absolute atomic E-state index is 4.83. The number of hydrogen-bond acceptors (Lipinski definition) is 2. The zero-order valence-corrected chi connectivity index (χ0v) is 11.6. The number of nitrogens with one attached hydrogen (secondary N) is 1. The summed E-state index contributed by atoms with van der Waals surface area (Å²) in [6.45, 7) is 11.0. The monoisotopic (exact) mass is 235 g/mol. The van der Waals surface area contributed by atoms with E-state index >= 15 is 0 Å². The summed E-state index contributed by atoms with van der Waals surface area (Å²) in [7, 11) is 0. The van der Waals surface area contributed by atoms with Crippen LogP contribution < -0.4 is 5.32 Å². The highest BCUT2D eigenvalue weighted by atomic mass is 15.1. The van der Waals surface area contributed by atoms with Crippen LogP contribution in [0.15, 0.2) is 0 Å². The summed E-state index contributed by atoms with van der Waals surface area (Å²) in [4.78, 5) is 4.83. The van der Waals surface area contributed by atoms with Gasteiger partial charge in [0.05, 0.1) is 5.69 Å². The molecule has 1 unspecified atom stereocenters. The van der Waals surface area contributed by atoms with Crippen LogP contribution in [-0.4, -0.2) is 15.6 Å². The number of imidazole rings is 1. The molecule has 1 aliphatic rings. The molecule has 0 aromatic carbocycles. The molecule has 0 spiro atoms.